The standard InChI is InChI=1S/C48H54N8O7/c1-27(2)40(54-46(59)61-3)42(57)48(18-6-19-49-48)45-52-36-15-13-34(26-38(36)53-45)32-11-9-29-23-31(10-8-30(29)24-32)33-12-14-35-37(25-33)51-43(50-35)39-7-5-20-56(39)44(58)41(55-47(60)62-4)28-16-21-63-22-17-28/h8-15,23-28,39-41,49H,5-7,16-22H2,1-4H3,(H,50,51)(H,52,53)(H,54,59)(H,55,60)/t39-,40-,41-,48+/m0/s1. The van der Waals surface area contributed by atoms with E-state index in [-0.39, 0.29) is 29.6 Å². The number of hydrogen-bond donors (Lipinski definition) is 5. The number of carbonyl (C=O) groups excluding carboxylic acids is 4. The predicted octanol–water partition coefficient (Wildman–Crippen LogP) is 7.27. The molecular formula is C48H54N8O7. The first-order valence-electron chi connectivity index (χ1n) is 22.0. The van der Waals surface area contributed by atoms with Crippen LogP contribution in [0.2, 0.25) is 0 Å². The van der Waals surface area contributed by atoms with Crippen LogP contribution < -0.4 is 16.0 Å². The maximum Gasteiger partial charge on any atom is 0.407 e. The minimum absolute atomic E-state index is 0.0334. The molecule has 15 nitrogen and oxygen atoms in total. The Balaban J connectivity index is 0.938. The summed E-state index contributed by atoms with van der Waals surface area (Å²) < 4.78 is 15.3. The first kappa shape index (κ1) is 42.0. The number of ketones is 1. The minimum Gasteiger partial charge on any atom is -0.453 e. The van der Waals surface area contributed by atoms with Crippen LogP contribution in [-0.4, -0.2) is 101 Å². The van der Waals surface area contributed by atoms with Crippen molar-refractivity contribution in [2.45, 2.75) is 76.0 Å². The summed E-state index contributed by atoms with van der Waals surface area (Å²) in [6, 6.07) is 23.5. The van der Waals surface area contributed by atoms with Crippen molar-refractivity contribution in [1.29, 1.82) is 0 Å². The second-order valence-electron chi connectivity index (χ2n) is 17.4. The fourth-order valence-electron chi connectivity index (χ4n) is 9.73. The molecule has 9 rings (SSSR count). The lowest BCUT2D eigenvalue weighted by Gasteiger charge is -2.34. The Kier molecular flexibility index (Phi) is 11.6. The fourth-order valence-corrected chi connectivity index (χ4v) is 9.73. The number of ether oxygens (including phenoxy) is 3. The highest BCUT2D eigenvalue weighted by molar-refractivity contribution is 5.97. The Hall–Kier alpha value is -6.32. The van der Waals surface area contributed by atoms with Crippen molar-refractivity contribution in [2.75, 3.05) is 40.5 Å². The summed E-state index contributed by atoms with van der Waals surface area (Å²) >= 11 is 0. The Morgan fingerprint density at radius 2 is 1.37 bits per heavy atom. The lowest BCUT2D eigenvalue weighted by atomic mass is 9.83. The van der Waals surface area contributed by atoms with E-state index in [4.69, 9.17) is 24.2 Å². The summed E-state index contributed by atoms with van der Waals surface area (Å²) in [7, 11) is 2.60. The largest absolute Gasteiger partial charge is 0.453 e. The number of aromatic nitrogens is 4. The third-order valence-electron chi connectivity index (χ3n) is 13.2. The predicted molar refractivity (Wildman–Crippen MR) is 239 cm³/mol. The van der Waals surface area contributed by atoms with Gasteiger partial charge in [0.15, 0.2) is 5.78 Å². The summed E-state index contributed by atoms with van der Waals surface area (Å²) in [4.78, 5) is 71.5. The third kappa shape index (κ3) is 8.11. The summed E-state index contributed by atoms with van der Waals surface area (Å²) in [6.45, 7) is 6.17. The molecule has 0 saturated carbocycles. The lowest BCUT2D eigenvalue weighted by Crippen LogP contribution is -2.57. The van der Waals surface area contributed by atoms with Gasteiger partial charge in [0.1, 0.15) is 23.2 Å². The van der Waals surface area contributed by atoms with E-state index in [1.54, 1.807) is 0 Å². The van der Waals surface area contributed by atoms with E-state index in [0.717, 1.165) is 80.2 Å². The van der Waals surface area contributed by atoms with E-state index in [9.17, 15) is 19.2 Å². The van der Waals surface area contributed by atoms with Crippen LogP contribution in [-0.2, 0) is 29.3 Å². The zero-order valence-electron chi connectivity index (χ0n) is 36.1. The monoisotopic (exact) mass is 854 g/mol. The molecule has 3 fully saturated rings. The van der Waals surface area contributed by atoms with E-state index in [1.165, 1.54) is 14.2 Å². The molecule has 5 N–H and O–H groups in total. The number of imidazole rings is 2. The molecule has 3 aliphatic rings. The molecule has 0 spiro atoms. The number of benzene rings is 4. The van der Waals surface area contributed by atoms with Crippen LogP contribution in [0.3, 0.4) is 0 Å². The van der Waals surface area contributed by atoms with Crippen molar-refractivity contribution in [3.8, 4) is 22.3 Å². The number of H-pyrrole nitrogens is 2. The second kappa shape index (κ2) is 17.4. The van der Waals surface area contributed by atoms with Gasteiger partial charge in [-0.3, -0.25) is 14.9 Å². The van der Waals surface area contributed by atoms with Gasteiger partial charge < -0.3 is 39.7 Å². The van der Waals surface area contributed by atoms with Crippen LogP contribution in [0.25, 0.3) is 55.1 Å². The lowest BCUT2D eigenvalue weighted by molar-refractivity contribution is -0.136. The van der Waals surface area contributed by atoms with Gasteiger partial charge in [-0.25, -0.2) is 19.6 Å². The molecule has 3 amide bonds. The number of Topliss-reactive ketones (excluding diaryl/α,β-unsaturated/α-hetero) is 1. The molecule has 63 heavy (non-hydrogen) atoms. The van der Waals surface area contributed by atoms with Crippen molar-refractivity contribution >= 4 is 56.7 Å². The highest BCUT2D eigenvalue weighted by Crippen LogP contribution is 2.37. The number of likely N-dealkylation sites (tertiary alicyclic amines) is 1. The van der Waals surface area contributed by atoms with Crippen molar-refractivity contribution in [3.05, 3.63) is 84.4 Å². The quantitative estimate of drug-likeness (QED) is 0.0886. The molecule has 328 valence electrons. The number of methoxy groups -OCH3 is 2. The van der Waals surface area contributed by atoms with Crippen LogP contribution in [0.15, 0.2) is 72.8 Å². The number of carbonyl (C=O) groups is 4. The van der Waals surface area contributed by atoms with Crippen LogP contribution in [0, 0.1) is 11.8 Å². The fraction of sp³-hybridized carbons (Fsp3) is 0.417. The van der Waals surface area contributed by atoms with E-state index in [1.807, 2.05) is 36.9 Å². The second-order valence-corrected chi connectivity index (χ2v) is 17.4. The zero-order valence-corrected chi connectivity index (χ0v) is 36.1. The highest BCUT2D eigenvalue weighted by Gasteiger charge is 2.49. The molecule has 0 unspecified atom stereocenters. The summed E-state index contributed by atoms with van der Waals surface area (Å²) in [5, 5.41) is 11.2. The Bertz CT molecular complexity index is 2700. The van der Waals surface area contributed by atoms with E-state index in [2.05, 4.69) is 80.5 Å². The van der Waals surface area contributed by atoms with Gasteiger partial charge in [-0.2, -0.15) is 0 Å². The van der Waals surface area contributed by atoms with Gasteiger partial charge in [-0.05, 0) is 126 Å². The summed E-state index contributed by atoms with van der Waals surface area (Å²) in [5.74, 6) is 0.844. The van der Waals surface area contributed by atoms with Gasteiger partial charge in [0.25, 0.3) is 0 Å². The molecule has 3 aliphatic heterocycles. The SMILES string of the molecule is COC(=O)N[C@H](C(=O)[C@@]1(c2nc3ccc(-c4ccc5cc(-c6ccc7nc([C@@H]8CCCN8C(=O)[C@@H](NC(=O)OC)C8CCOCC8)[nH]c7c6)ccc5c4)cc3[nH]2)CCCN1)C(C)C. The van der Waals surface area contributed by atoms with Crippen LogP contribution in [0.1, 0.15) is 70.1 Å². The molecule has 0 bridgehead atoms. The highest BCUT2D eigenvalue weighted by atomic mass is 16.5. The minimum atomic E-state index is -1.06. The van der Waals surface area contributed by atoms with Gasteiger partial charge in [0.05, 0.1) is 48.4 Å². The Labute approximate surface area is 365 Å². The average Bonchev–Trinajstić information content (AvgIpc) is 4.15. The summed E-state index contributed by atoms with van der Waals surface area (Å²) in [5.41, 5.74) is 6.40. The smallest absolute Gasteiger partial charge is 0.407 e. The zero-order chi connectivity index (χ0) is 43.8. The molecule has 6 aromatic rings. The average molecular weight is 855 g/mol. The van der Waals surface area contributed by atoms with Gasteiger partial charge in [-0.1, -0.05) is 50.2 Å². The summed E-state index contributed by atoms with van der Waals surface area (Å²) in [6.07, 6.45) is 3.10. The van der Waals surface area contributed by atoms with Crippen LogP contribution >= 0.6 is 0 Å². The number of alkyl carbamates (subject to hydrolysis) is 2. The van der Waals surface area contributed by atoms with Crippen molar-refractivity contribution < 1.29 is 33.4 Å². The topological polar surface area (TPSA) is 193 Å². The van der Waals surface area contributed by atoms with E-state index in [0.29, 0.717) is 51.4 Å². The van der Waals surface area contributed by atoms with Gasteiger partial charge in [-0.15, -0.1) is 0 Å². The van der Waals surface area contributed by atoms with Gasteiger partial charge in [0, 0.05) is 19.8 Å². The first-order chi connectivity index (χ1) is 30.5. The number of nitrogens with one attached hydrogen (secondary N) is 5. The Morgan fingerprint density at radius 3 is 1.98 bits per heavy atom. The molecule has 4 aromatic carbocycles. The van der Waals surface area contributed by atoms with Crippen LogP contribution in [0.4, 0.5) is 9.59 Å². The molecule has 5 heterocycles. The number of hydrogen-bond acceptors (Lipinski definition) is 10. The number of aromatic amines is 2. The normalized spacial score (nSPS) is 20.3. The van der Waals surface area contributed by atoms with E-state index >= 15 is 0 Å². The maximum absolute atomic E-state index is 14.2. The van der Waals surface area contributed by atoms with Crippen LogP contribution in [0.5, 0.6) is 0 Å². The molecule has 0 radical (unpaired) electrons. The molecule has 0 aliphatic carbocycles. The molecule has 2 aromatic heterocycles. The first-order valence-corrected chi connectivity index (χ1v) is 22.0. The number of rotatable bonds is 11. The van der Waals surface area contributed by atoms with Gasteiger partial charge in [0.2, 0.25) is 5.91 Å². The molecule has 4 atom stereocenters. The Morgan fingerprint density at radius 1 is 0.762 bits per heavy atom. The maximum atomic E-state index is 14.2. The molecule has 3 saturated heterocycles. The van der Waals surface area contributed by atoms with E-state index < -0.39 is 29.8 Å². The van der Waals surface area contributed by atoms with Gasteiger partial charge >= 0.3 is 12.2 Å². The molecular weight excluding hydrogens is 801 g/mol. The number of nitrogens with zero attached hydrogens (tertiary/aromatic N) is 3. The van der Waals surface area contributed by atoms with Crippen molar-refractivity contribution in [2.24, 2.45) is 11.8 Å². The number of amides is 3. The molecule has 15 heteroatoms. The third-order valence-corrected chi connectivity index (χ3v) is 13.2. The number of fused-ring (bicyclic) bond motifs is 3. The van der Waals surface area contributed by atoms with Crippen molar-refractivity contribution in [1.82, 2.24) is 40.8 Å². The van der Waals surface area contributed by atoms with Crippen molar-refractivity contribution in [3.63, 3.8) is 0 Å².